The summed E-state index contributed by atoms with van der Waals surface area (Å²) in [6.07, 6.45) is 3.06. The van der Waals surface area contributed by atoms with Crippen LogP contribution in [0.1, 0.15) is 18.2 Å². The second kappa shape index (κ2) is 4.55. The average Bonchev–Trinajstić information content (AvgIpc) is 2.98. The highest BCUT2D eigenvalue weighted by Crippen LogP contribution is 2.27. The van der Waals surface area contributed by atoms with Crippen LogP contribution in [0.3, 0.4) is 0 Å². The van der Waals surface area contributed by atoms with Crippen LogP contribution in [0.25, 0.3) is 16.2 Å². The Morgan fingerprint density at radius 1 is 1.28 bits per heavy atom. The fourth-order valence-corrected chi connectivity index (χ4v) is 2.93. The van der Waals surface area contributed by atoms with Gasteiger partial charge in [-0.1, -0.05) is 31.2 Å². The fraction of sp³-hybridized carbons (Fsp3) is 0.214. The Balaban J connectivity index is 2.14. The van der Waals surface area contributed by atoms with Crippen molar-refractivity contribution in [1.29, 1.82) is 0 Å². The van der Waals surface area contributed by atoms with Crippen molar-refractivity contribution in [3.63, 3.8) is 0 Å². The van der Waals surface area contributed by atoms with Crippen molar-refractivity contribution in [2.75, 3.05) is 0 Å². The molecule has 0 amide bonds. The molecule has 0 fully saturated rings. The molecular formula is C14H15N3S. The van der Waals surface area contributed by atoms with Crippen LogP contribution in [0.15, 0.2) is 35.8 Å². The van der Waals surface area contributed by atoms with Gasteiger partial charge >= 0.3 is 0 Å². The maximum absolute atomic E-state index is 5.62. The van der Waals surface area contributed by atoms with Crippen LogP contribution in [-0.4, -0.2) is 9.38 Å². The van der Waals surface area contributed by atoms with E-state index in [0.29, 0.717) is 6.54 Å². The normalized spacial score (nSPS) is 11.2. The van der Waals surface area contributed by atoms with Gasteiger partial charge in [0, 0.05) is 23.7 Å². The van der Waals surface area contributed by atoms with Gasteiger partial charge in [-0.2, -0.15) is 0 Å². The van der Waals surface area contributed by atoms with E-state index < -0.39 is 0 Å². The van der Waals surface area contributed by atoms with Crippen LogP contribution in [0.5, 0.6) is 0 Å². The summed E-state index contributed by atoms with van der Waals surface area (Å²) >= 11 is 1.67. The standard InChI is InChI=1S/C14H15N3S/c1-2-12-13(16-14-17(12)7-8-18-14)11-5-3-10(9-15)4-6-11/h3-8H,2,9,15H2,1H3. The summed E-state index contributed by atoms with van der Waals surface area (Å²) in [5.74, 6) is 0. The van der Waals surface area contributed by atoms with E-state index in [4.69, 9.17) is 10.7 Å². The third kappa shape index (κ3) is 1.74. The third-order valence-electron chi connectivity index (χ3n) is 3.16. The molecule has 0 radical (unpaired) electrons. The molecular weight excluding hydrogens is 242 g/mol. The van der Waals surface area contributed by atoms with Gasteiger partial charge in [-0.15, -0.1) is 11.3 Å². The van der Waals surface area contributed by atoms with E-state index in [-0.39, 0.29) is 0 Å². The van der Waals surface area contributed by atoms with E-state index in [9.17, 15) is 0 Å². The van der Waals surface area contributed by atoms with Crippen LogP contribution < -0.4 is 5.73 Å². The molecule has 0 saturated heterocycles. The molecule has 2 aromatic heterocycles. The number of benzene rings is 1. The zero-order valence-corrected chi connectivity index (χ0v) is 11.1. The van der Waals surface area contributed by atoms with E-state index in [0.717, 1.165) is 22.6 Å². The number of fused-ring (bicyclic) bond motifs is 1. The minimum absolute atomic E-state index is 0.583. The number of imidazole rings is 1. The van der Waals surface area contributed by atoms with Crippen molar-refractivity contribution in [3.8, 4) is 11.3 Å². The Bertz CT molecular complexity index is 664. The Morgan fingerprint density at radius 2 is 2.06 bits per heavy atom. The summed E-state index contributed by atoms with van der Waals surface area (Å²) in [6, 6.07) is 8.35. The van der Waals surface area contributed by atoms with E-state index in [1.54, 1.807) is 11.3 Å². The number of rotatable bonds is 3. The van der Waals surface area contributed by atoms with E-state index >= 15 is 0 Å². The number of nitrogens with zero attached hydrogens (tertiary/aromatic N) is 2. The zero-order valence-electron chi connectivity index (χ0n) is 10.3. The zero-order chi connectivity index (χ0) is 12.5. The minimum atomic E-state index is 0.583. The molecule has 2 heterocycles. The quantitative estimate of drug-likeness (QED) is 0.783. The van der Waals surface area contributed by atoms with Crippen LogP contribution in [-0.2, 0) is 13.0 Å². The van der Waals surface area contributed by atoms with Crippen molar-refractivity contribution in [2.24, 2.45) is 5.73 Å². The Labute approximate surface area is 110 Å². The molecule has 0 aliphatic carbocycles. The first-order valence-corrected chi connectivity index (χ1v) is 6.95. The summed E-state index contributed by atoms with van der Waals surface area (Å²) in [7, 11) is 0. The molecule has 0 bridgehead atoms. The predicted octanol–water partition coefficient (Wildman–Crippen LogP) is 3.08. The molecule has 0 aliphatic rings. The van der Waals surface area contributed by atoms with Gasteiger partial charge in [-0.25, -0.2) is 4.98 Å². The van der Waals surface area contributed by atoms with Crippen LogP contribution >= 0.6 is 11.3 Å². The van der Waals surface area contributed by atoms with Gasteiger partial charge in [0.2, 0.25) is 0 Å². The number of nitrogens with two attached hydrogens (primary N) is 1. The second-order valence-corrected chi connectivity index (χ2v) is 5.09. The molecule has 0 saturated carbocycles. The molecule has 3 nitrogen and oxygen atoms in total. The summed E-state index contributed by atoms with van der Waals surface area (Å²) < 4.78 is 2.18. The molecule has 1 aromatic carbocycles. The molecule has 3 aromatic rings. The molecule has 3 rings (SSSR count). The summed E-state index contributed by atoms with van der Waals surface area (Å²) in [5.41, 5.74) is 10.3. The van der Waals surface area contributed by atoms with Crippen molar-refractivity contribution in [3.05, 3.63) is 47.1 Å². The van der Waals surface area contributed by atoms with E-state index in [1.807, 2.05) is 0 Å². The third-order valence-corrected chi connectivity index (χ3v) is 3.92. The lowest BCUT2D eigenvalue weighted by Crippen LogP contribution is -1.96. The molecule has 92 valence electrons. The maximum Gasteiger partial charge on any atom is 0.194 e. The Hall–Kier alpha value is -1.65. The smallest absolute Gasteiger partial charge is 0.194 e. The first-order valence-electron chi connectivity index (χ1n) is 6.07. The molecule has 2 N–H and O–H groups in total. The van der Waals surface area contributed by atoms with Crippen molar-refractivity contribution in [1.82, 2.24) is 9.38 Å². The van der Waals surface area contributed by atoms with Crippen LogP contribution in [0.2, 0.25) is 0 Å². The van der Waals surface area contributed by atoms with E-state index in [1.165, 1.54) is 11.3 Å². The maximum atomic E-state index is 5.62. The number of aromatic nitrogens is 2. The fourth-order valence-electron chi connectivity index (χ4n) is 2.20. The number of thiazole rings is 1. The summed E-state index contributed by atoms with van der Waals surface area (Å²) in [6.45, 7) is 2.75. The average molecular weight is 257 g/mol. The predicted molar refractivity (Wildman–Crippen MR) is 75.8 cm³/mol. The van der Waals surface area contributed by atoms with Crippen molar-refractivity contribution < 1.29 is 0 Å². The largest absolute Gasteiger partial charge is 0.326 e. The first kappa shape index (κ1) is 11.4. The van der Waals surface area contributed by atoms with Gasteiger partial charge in [-0.05, 0) is 12.0 Å². The molecule has 0 spiro atoms. The van der Waals surface area contributed by atoms with Gasteiger partial charge in [0.25, 0.3) is 0 Å². The van der Waals surface area contributed by atoms with Gasteiger partial charge < -0.3 is 5.73 Å². The van der Waals surface area contributed by atoms with Crippen molar-refractivity contribution in [2.45, 2.75) is 19.9 Å². The minimum Gasteiger partial charge on any atom is -0.326 e. The lowest BCUT2D eigenvalue weighted by Gasteiger charge is -2.03. The number of hydrogen-bond acceptors (Lipinski definition) is 3. The summed E-state index contributed by atoms with van der Waals surface area (Å²) in [4.78, 5) is 5.78. The highest BCUT2D eigenvalue weighted by atomic mass is 32.1. The van der Waals surface area contributed by atoms with Crippen LogP contribution in [0.4, 0.5) is 0 Å². The monoisotopic (exact) mass is 257 g/mol. The van der Waals surface area contributed by atoms with Crippen LogP contribution in [0, 0.1) is 0 Å². The number of aryl methyl sites for hydroxylation is 1. The lowest BCUT2D eigenvalue weighted by molar-refractivity contribution is 1.01. The number of hydrogen-bond donors (Lipinski definition) is 1. The molecule has 4 heteroatoms. The topological polar surface area (TPSA) is 43.3 Å². The van der Waals surface area contributed by atoms with Crippen molar-refractivity contribution >= 4 is 16.3 Å². The summed E-state index contributed by atoms with van der Waals surface area (Å²) in [5, 5.41) is 2.07. The second-order valence-electron chi connectivity index (χ2n) is 4.22. The first-order chi connectivity index (χ1) is 8.83. The van der Waals surface area contributed by atoms with Gasteiger partial charge in [0.1, 0.15) is 0 Å². The lowest BCUT2D eigenvalue weighted by atomic mass is 10.1. The highest BCUT2D eigenvalue weighted by Gasteiger charge is 2.12. The molecule has 0 aliphatic heterocycles. The molecule has 0 atom stereocenters. The van der Waals surface area contributed by atoms with Gasteiger partial charge in [-0.3, -0.25) is 4.40 Å². The molecule has 0 unspecified atom stereocenters. The van der Waals surface area contributed by atoms with Gasteiger partial charge in [0.05, 0.1) is 11.4 Å². The molecule has 18 heavy (non-hydrogen) atoms. The SMILES string of the molecule is CCc1c(-c2ccc(CN)cc2)nc2sccn12. The van der Waals surface area contributed by atoms with Gasteiger partial charge in [0.15, 0.2) is 4.96 Å². The Morgan fingerprint density at radius 3 is 2.72 bits per heavy atom. The highest BCUT2D eigenvalue weighted by molar-refractivity contribution is 7.15. The van der Waals surface area contributed by atoms with E-state index in [2.05, 4.69) is 47.2 Å². The Kier molecular flexibility index (Phi) is 2.89.